The molecule has 3 aromatic carbocycles. The Morgan fingerprint density at radius 2 is 1.02 bits per heavy atom. The van der Waals surface area contributed by atoms with Crippen LogP contribution in [0.15, 0.2) is 52.3 Å². The summed E-state index contributed by atoms with van der Waals surface area (Å²) < 4.78 is 0. The number of nitrogens with two attached hydrogens (primary N) is 2. The molecule has 0 bridgehead atoms. The van der Waals surface area contributed by atoms with Gasteiger partial charge in [0.25, 0.3) is 0 Å². The summed E-state index contributed by atoms with van der Waals surface area (Å²) in [5.74, 6) is 0.525. The van der Waals surface area contributed by atoms with E-state index in [1.165, 1.54) is 0 Å². The van der Waals surface area contributed by atoms with Crippen LogP contribution < -0.4 is 21.3 Å². The highest BCUT2D eigenvalue weighted by Gasteiger charge is 2.25. The zero-order chi connectivity index (χ0) is 30.7. The minimum Gasteiger partial charge on any atom is -0.508 e. The Labute approximate surface area is 255 Å². The molecule has 0 spiro atoms. The van der Waals surface area contributed by atoms with Gasteiger partial charge in [-0.2, -0.15) is 0 Å². The van der Waals surface area contributed by atoms with Crippen LogP contribution in [-0.4, -0.2) is 36.1 Å². The van der Waals surface area contributed by atoms with Gasteiger partial charge in [0.1, 0.15) is 11.5 Å². The summed E-state index contributed by atoms with van der Waals surface area (Å²) in [6, 6.07) is 13.9. The van der Waals surface area contributed by atoms with Gasteiger partial charge in [-0.25, -0.2) is 0 Å². The zero-order valence-electron chi connectivity index (χ0n) is 26.1. The number of anilines is 2. The predicted molar refractivity (Wildman–Crippen MR) is 179 cm³/mol. The molecule has 0 radical (unpaired) electrons. The van der Waals surface area contributed by atoms with Crippen LogP contribution in [-0.2, 0) is 23.9 Å². The smallest absolute Gasteiger partial charge is 0.120 e. The third-order valence-corrected chi connectivity index (χ3v) is 9.07. The van der Waals surface area contributed by atoms with Crippen LogP contribution in [0.1, 0.15) is 69.4 Å². The Balaban J connectivity index is 2.14. The van der Waals surface area contributed by atoms with E-state index in [4.69, 9.17) is 11.5 Å². The van der Waals surface area contributed by atoms with Gasteiger partial charge in [-0.05, 0) is 77.3 Å². The Hall–Kier alpha value is -2.52. The number of benzene rings is 3. The molecule has 0 aliphatic heterocycles. The fraction of sp³-hybridized carbons (Fsp3) is 0.455. The van der Waals surface area contributed by atoms with Crippen LogP contribution in [0.2, 0.25) is 0 Å². The fourth-order valence-electron chi connectivity index (χ4n) is 5.07. The second kappa shape index (κ2) is 13.2. The first-order chi connectivity index (χ1) is 19.2. The quantitative estimate of drug-likeness (QED) is 0.143. The molecule has 6 N–H and O–H groups in total. The molecule has 0 atom stereocenters. The maximum atomic E-state index is 10.8. The van der Waals surface area contributed by atoms with E-state index in [1.54, 1.807) is 35.7 Å². The van der Waals surface area contributed by atoms with Crippen LogP contribution in [0.5, 0.6) is 11.5 Å². The van der Waals surface area contributed by atoms with Crippen LogP contribution in [0.4, 0.5) is 11.4 Å². The highest BCUT2D eigenvalue weighted by Crippen LogP contribution is 2.45. The standard InChI is InChI=1S/C33H48N4O2S2/c1-21-30(36(19-34)17-22-14-24(32(2,3)4)10-12-26(22)38)28(40-8)16-29(41-9)31(21)37(20-35)18-23-15-25(33(5,6)7)11-13-27(23)39/h10-16,38-39H,17-20,34-35H2,1-9H3. The summed E-state index contributed by atoms with van der Waals surface area (Å²) in [5.41, 5.74) is 19.9. The van der Waals surface area contributed by atoms with Crippen molar-refractivity contribution in [3.63, 3.8) is 0 Å². The maximum absolute atomic E-state index is 10.8. The average Bonchev–Trinajstić information content (AvgIpc) is 2.91. The highest BCUT2D eigenvalue weighted by molar-refractivity contribution is 7.99. The van der Waals surface area contributed by atoms with Crippen LogP contribution in [0, 0.1) is 6.92 Å². The molecule has 0 saturated carbocycles. The lowest BCUT2D eigenvalue weighted by Gasteiger charge is -2.34. The van der Waals surface area contributed by atoms with E-state index >= 15 is 0 Å². The van der Waals surface area contributed by atoms with Gasteiger partial charge in [0.2, 0.25) is 0 Å². The summed E-state index contributed by atoms with van der Waals surface area (Å²) in [6.07, 6.45) is 4.15. The molecular weight excluding hydrogens is 549 g/mol. The number of thioether (sulfide) groups is 2. The first-order valence-electron chi connectivity index (χ1n) is 14.0. The van der Waals surface area contributed by atoms with Gasteiger partial charge < -0.3 is 31.5 Å². The molecular formula is C33H48N4O2S2. The SMILES string of the molecule is CSc1cc(SC)c(N(CN)Cc2cc(C(C)(C)C)ccc2O)c(C)c1N(CN)Cc1cc(C(C)(C)C)ccc1O. The number of nitrogens with zero attached hydrogens (tertiary/aromatic N) is 2. The number of phenolic OH excluding ortho intramolecular Hbond substituents is 2. The molecule has 3 rings (SSSR count). The van der Waals surface area contributed by atoms with E-state index in [-0.39, 0.29) is 35.7 Å². The van der Waals surface area contributed by atoms with Crippen molar-refractivity contribution in [2.24, 2.45) is 11.5 Å². The summed E-state index contributed by atoms with van der Waals surface area (Å²) in [7, 11) is 0. The van der Waals surface area contributed by atoms with Crippen LogP contribution in [0.25, 0.3) is 0 Å². The van der Waals surface area contributed by atoms with Crippen molar-refractivity contribution in [3.05, 3.63) is 70.3 Å². The van der Waals surface area contributed by atoms with E-state index < -0.39 is 0 Å². The molecule has 0 aromatic heterocycles. The molecule has 0 aliphatic rings. The zero-order valence-corrected chi connectivity index (χ0v) is 27.8. The van der Waals surface area contributed by atoms with Crippen molar-refractivity contribution >= 4 is 34.9 Å². The molecule has 0 saturated heterocycles. The second-order valence-corrected chi connectivity index (χ2v) is 14.2. The van der Waals surface area contributed by atoms with E-state index in [9.17, 15) is 10.2 Å². The van der Waals surface area contributed by atoms with Crippen molar-refractivity contribution in [2.45, 2.75) is 82.2 Å². The topological polar surface area (TPSA) is 99.0 Å². The lowest BCUT2D eigenvalue weighted by Crippen LogP contribution is -2.33. The minimum atomic E-state index is -0.0407. The largest absolute Gasteiger partial charge is 0.508 e. The molecule has 0 heterocycles. The minimum absolute atomic E-state index is 0.0407. The summed E-state index contributed by atoms with van der Waals surface area (Å²) >= 11 is 3.36. The van der Waals surface area contributed by atoms with E-state index in [2.05, 4.69) is 89.0 Å². The average molecular weight is 597 g/mol. The summed E-state index contributed by atoms with van der Waals surface area (Å²) in [6.45, 7) is 16.6. The monoisotopic (exact) mass is 596 g/mol. The normalized spacial score (nSPS) is 12.1. The Bertz CT molecular complexity index is 1260. The molecule has 0 amide bonds. The van der Waals surface area contributed by atoms with Crippen molar-refractivity contribution in [3.8, 4) is 11.5 Å². The van der Waals surface area contributed by atoms with Gasteiger partial charge >= 0.3 is 0 Å². The Morgan fingerprint density at radius 3 is 1.32 bits per heavy atom. The summed E-state index contributed by atoms with van der Waals surface area (Å²) in [5, 5.41) is 21.6. The van der Waals surface area contributed by atoms with Crippen molar-refractivity contribution in [2.75, 3.05) is 35.6 Å². The molecule has 0 fully saturated rings. The van der Waals surface area contributed by atoms with Gasteiger partial charge in [-0.1, -0.05) is 53.7 Å². The van der Waals surface area contributed by atoms with Gasteiger partial charge in [-0.15, -0.1) is 23.5 Å². The molecule has 224 valence electrons. The number of hydrogen-bond acceptors (Lipinski definition) is 8. The maximum Gasteiger partial charge on any atom is 0.120 e. The molecule has 3 aromatic rings. The highest BCUT2D eigenvalue weighted by atomic mass is 32.2. The van der Waals surface area contributed by atoms with Crippen molar-refractivity contribution < 1.29 is 10.2 Å². The number of phenols is 2. The lowest BCUT2D eigenvalue weighted by molar-refractivity contribution is 0.465. The predicted octanol–water partition coefficient (Wildman–Crippen LogP) is 7.29. The van der Waals surface area contributed by atoms with Crippen molar-refractivity contribution in [1.29, 1.82) is 0 Å². The third-order valence-electron chi connectivity index (χ3n) is 7.57. The molecule has 6 nitrogen and oxygen atoms in total. The third kappa shape index (κ3) is 7.47. The first-order valence-corrected chi connectivity index (χ1v) is 16.4. The molecule has 0 aliphatic carbocycles. The van der Waals surface area contributed by atoms with Crippen LogP contribution >= 0.6 is 23.5 Å². The van der Waals surface area contributed by atoms with Gasteiger partial charge in [0.05, 0.1) is 24.7 Å². The Kier molecular flexibility index (Phi) is 10.6. The van der Waals surface area contributed by atoms with Gasteiger partial charge in [0.15, 0.2) is 0 Å². The van der Waals surface area contributed by atoms with Gasteiger partial charge in [0, 0.05) is 34.0 Å². The number of aromatic hydroxyl groups is 2. The Morgan fingerprint density at radius 1 is 0.659 bits per heavy atom. The van der Waals surface area contributed by atoms with Crippen molar-refractivity contribution in [1.82, 2.24) is 0 Å². The van der Waals surface area contributed by atoms with E-state index in [0.29, 0.717) is 13.1 Å². The molecule has 41 heavy (non-hydrogen) atoms. The number of hydrogen-bond donors (Lipinski definition) is 4. The fourth-order valence-corrected chi connectivity index (χ4v) is 6.57. The van der Waals surface area contributed by atoms with Gasteiger partial charge in [-0.3, -0.25) is 0 Å². The first kappa shape index (κ1) is 33.0. The summed E-state index contributed by atoms with van der Waals surface area (Å²) in [4.78, 5) is 6.48. The molecule has 8 heteroatoms. The lowest BCUT2D eigenvalue weighted by atomic mass is 9.86. The van der Waals surface area contributed by atoms with E-state index in [1.807, 2.05) is 12.1 Å². The molecule has 0 unspecified atom stereocenters. The van der Waals surface area contributed by atoms with Crippen LogP contribution in [0.3, 0.4) is 0 Å². The number of rotatable bonds is 10. The second-order valence-electron chi connectivity index (χ2n) is 12.6. The van der Waals surface area contributed by atoms with E-state index in [0.717, 1.165) is 49.0 Å².